The van der Waals surface area contributed by atoms with Crippen LogP contribution in [0.3, 0.4) is 0 Å². The Morgan fingerprint density at radius 2 is 1.87 bits per heavy atom. The molecule has 3 unspecified atom stereocenters. The highest BCUT2D eigenvalue weighted by Crippen LogP contribution is 2.46. The number of benzene rings is 2. The average molecular weight is 631 g/mol. The number of piperazine rings is 1. The van der Waals surface area contributed by atoms with Gasteiger partial charge < -0.3 is 36.3 Å². The number of aryl methyl sites for hydroxylation is 2. The number of nitrogen functional groups attached to an aromatic ring is 1. The maximum atomic E-state index is 17.4. The third-order valence-electron chi connectivity index (χ3n) is 9.01. The van der Waals surface area contributed by atoms with Crippen LogP contribution in [-0.4, -0.2) is 76.6 Å². The molecular weight excluding hydrogens is 590 g/mol. The molecule has 12 heteroatoms. The minimum absolute atomic E-state index is 0.000877. The van der Waals surface area contributed by atoms with Crippen molar-refractivity contribution in [2.45, 2.75) is 52.3 Å². The third kappa shape index (κ3) is 5.36. The van der Waals surface area contributed by atoms with Crippen molar-refractivity contribution in [2.75, 3.05) is 42.6 Å². The van der Waals surface area contributed by atoms with Crippen molar-refractivity contribution in [3.05, 3.63) is 76.6 Å². The Hall–Kier alpha value is -4.84. The van der Waals surface area contributed by atoms with Crippen LogP contribution in [-0.2, 0) is 4.79 Å². The molecule has 2 aliphatic heterocycles. The summed E-state index contributed by atoms with van der Waals surface area (Å²) < 4.78 is 34.5. The van der Waals surface area contributed by atoms with E-state index < -0.39 is 17.7 Å². The zero-order valence-electron chi connectivity index (χ0n) is 26.7. The molecule has 3 aromatic rings. The van der Waals surface area contributed by atoms with Crippen molar-refractivity contribution in [1.29, 1.82) is 10.8 Å². The number of carbonyl (C=O) groups is 1. The SMILES string of the molecule is C=CC(=O)N1CC(C)N2C(=N)c3c(Nc4c(C)ccnc4C(C)O)c(F)c(-c4c(C)ccc(N)c4C=N)c(F)c3N(C)CCC2C1. The molecule has 1 fully saturated rings. The van der Waals surface area contributed by atoms with Gasteiger partial charge >= 0.3 is 0 Å². The number of aliphatic hydroxyl groups excluding tert-OH is 1. The number of nitrogens with zero attached hydrogens (tertiary/aromatic N) is 4. The molecule has 1 saturated heterocycles. The quantitative estimate of drug-likeness (QED) is 0.142. The van der Waals surface area contributed by atoms with Gasteiger partial charge in [0.2, 0.25) is 5.91 Å². The van der Waals surface area contributed by atoms with Crippen LogP contribution in [0.5, 0.6) is 0 Å². The van der Waals surface area contributed by atoms with Crippen LogP contribution in [0.4, 0.5) is 31.5 Å². The van der Waals surface area contributed by atoms with Gasteiger partial charge in [-0.25, -0.2) is 8.78 Å². The fourth-order valence-corrected chi connectivity index (χ4v) is 6.73. The van der Waals surface area contributed by atoms with E-state index in [0.717, 1.165) is 6.21 Å². The number of carbonyl (C=O) groups excluding carboxylic acids is 1. The van der Waals surface area contributed by atoms with Crippen LogP contribution in [0.15, 0.2) is 37.1 Å². The summed E-state index contributed by atoms with van der Waals surface area (Å²) in [6.45, 7) is 11.5. The van der Waals surface area contributed by atoms with Gasteiger partial charge in [-0.1, -0.05) is 12.6 Å². The fraction of sp³-hybridized carbons (Fsp3) is 0.353. The number of amidine groups is 1. The van der Waals surface area contributed by atoms with Crippen LogP contribution in [0.1, 0.15) is 54.3 Å². The lowest BCUT2D eigenvalue weighted by atomic mass is 9.89. The first kappa shape index (κ1) is 32.6. The number of fused-ring (bicyclic) bond motifs is 2. The van der Waals surface area contributed by atoms with Gasteiger partial charge in [-0.15, -0.1) is 0 Å². The van der Waals surface area contributed by atoms with Crippen LogP contribution in [0, 0.1) is 36.3 Å². The molecule has 0 aliphatic carbocycles. The average Bonchev–Trinajstić information content (AvgIpc) is 3.01. The van der Waals surface area contributed by atoms with Crippen LogP contribution in [0.25, 0.3) is 11.1 Å². The zero-order valence-corrected chi connectivity index (χ0v) is 26.7. The van der Waals surface area contributed by atoms with Crippen molar-refractivity contribution in [3.8, 4) is 11.1 Å². The predicted molar refractivity (Wildman–Crippen MR) is 178 cm³/mol. The summed E-state index contributed by atoms with van der Waals surface area (Å²) in [7, 11) is 1.69. The topological polar surface area (TPSA) is 146 Å². The lowest BCUT2D eigenvalue weighted by molar-refractivity contribution is -0.129. The number of pyridine rings is 1. The molecule has 10 nitrogen and oxygen atoms in total. The van der Waals surface area contributed by atoms with E-state index >= 15 is 8.78 Å². The highest BCUT2D eigenvalue weighted by Gasteiger charge is 2.41. The number of nitrogens with two attached hydrogens (primary N) is 1. The van der Waals surface area contributed by atoms with Crippen molar-refractivity contribution >= 4 is 40.7 Å². The number of aromatic nitrogens is 1. The van der Waals surface area contributed by atoms with E-state index in [1.807, 2.05) is 11.8 Å². The van der Waals surface area contributed by atoms with E-state index in [-0.39, 0.29) is 68.8 Å². The molecule has 5 rings (SSSR count). The van der Waals surface area contributed by atoms with Crippen molar-refractivity contribution < 1.29 is 18.7 Å². The molecule has 2 aliphatic rings. The highest BCUT2D eigenvalue weighted by molar-refractivity contribution is 6.10. The molecule has 3 atom stereocenters. The number of nitrogens with one attached hydrogen (secondary N) is 3. The number of rotatable bonds is 6. The molecule has 46 heavy (non-hydrogen) atoms. The number of hydrogen-bond donors (Lipinski definition) is 5. The van der Waals surface area contributed by atoms with E-state index in [2.05, 4.69) is 16.9 Å². The van der Waals surface area contributed by atoms with E-state index in [1.54, 1.807) is 55.8 Å². The minimum Gasteiger partial charge on any atom is -0.398 e. The highest BCUT2D eigenvalue weighted by atomic mass is 19.1. The van der Waals surface area contributed by atoms with Crippen LogP contribution in [0.2, 0.25) is 0 Å². The summed E-state index contributed by atoms with van der Waals surface area (Å²) in [6, 6.07) is 4.30. The summed E-state index contributed by atoms with van der Waals surface area (Å²) in [6.07, 6.45) is 3.27. The van der Waals surface area contributed by atoms with Crippen LogP contribution >= 0.6 is 0 Å². The van der Waals surface area contributed by atoms with E-state index in [1.165, 1.54) is 12.3 Å². The molecule has 0 radical (unpaired) electrons. The van der Waals surface area contributed by atoms with Crippen molar-refractivity contribution in [3.63, 3.8) is 0 Å². The second-order valence-corrected chi connectivity index (χ2v) is 12.1. The molecule has 0 bridgehead atoms. The van der Waals surface area contributed by atoms with Gasteiger partial charge in [-0.05, 0) is 63.5 Å². The second kappa shape index (κ2) is 12.5. The summed E-state index contributed by atoms with van der Waals surface area (Å²) in [5, 5.41) is 31.4. The molecule has 6 N–H and O–H groups in total. The van der Waals surface area contributed by atoms with E-state index in [4.69, 9.17) is 11.1 Å². The molecule has 1 amide bonds. The fourth-order valence-electron chi connectivity index (χ4n) is 6.73. The number of halogens is 2. The first-order valence-corrected chi connectivity index (χ1v) is 15.2. The lowest BCUT2D eigenvalue weighted by Gasteiger charge is -2.49. The standard InChI is InChI=1S/C34H40F2N8O2/c1-7-24(46)43-15-19(4)44-21(16-43)11-13-42(6)33-27(34(44)39)32(41-30-18(3)10-12-40-31(30)20(5)45)28(35)26(29(33)36)25-17(2)8-9-23(38)22(25)14-37/h7-10,12,14,19-21,37,39,41,45H,1,11,13,15-16,38H2,2-6H3. The largest absolute Gasteiger partial charge is 0.398 e. The number of anilines is 4. The number of aliphatic hydroxyl groups is 1. The second-order valence-electron chi connectivity index (χ2n) is 12.1. The Morgan fingerprint density at radius 3 is 2.52 bits per heavy atom. The number of hydrogen-bond acceptors (Lipinski definition) is 8. The van der Waals surface area contributed by atoms with Gasteiger partial charge in [-0.2, -0.15) is 0 Å². The van der Waals surface area contributed by atoms with E-state index in [9.17, 15) is 15.3 Å². The van der Waals surface area contributed by atoms with Gasteiger partial charge in [0.25, 0.3) is 0 Å². The Labute approximate surface area is 267 Å². The molecule has 242 valence electrons. The molecule has 1 aromatic heterocycles. The summed E-state index contributed by atoms with van der Waals surface area (Å²) in [5.41, 5.74) is 7.92. The monoisotopic (exact) mass is 630 g/mol. The normalized spacial score (nSPS) is 18.7. The molecule has 0 saturated carbocycles. The molecule has 3 heterocycles. The molecule has 2 aromatic carbocycles. The van der Waals surface area contributed by atoms with Gasteiger partial charge in [-0.3, -0.25) is 15.2 Å². The van der Waals surface area contributed by atoms with Gasteiger partial charge in [0.1, 0.15) is 5.84 Å². The maximum Gasteiger partial charge on any atom is 0.246 e. The minimum atomic E-state index is -1.02. The first-order chi connectivity index (χ1) is 21.8. The van der Waals surface area contributed by atoms with Gasteiger partial charge in [0.15, 0.2) is 11.6 Å². The Balaban J connectivity index is 1.85. The molecular formula is C34H40F2N8O2. The Kier molecular flexibility index (Phi) is 8.85. The zero-order chi connectivity index (χ0) is 33.6. The van der Waals surface area contributed by atoms with Gasteiger partial charge in [0, 0.05) is 61.9 Å². The Morgan fingerprint density at radius 1 is 1.15 bits per heavy atom. The first-order valence-electron chi connectivity index (χ1n) is 15.2. The maximum absolute atomic E-state index is 17.4. The smallest absolute Gasteiger partial charge is 0.246 e. The number of amides is 1. The Bertz CT molecular complexity index is 1760. The third-order valence-corrected chi connectivity index (χ3v) is 9.01. The van der Waals surface area contributed by atoms with Gasteiger partial charge in [0.05, 0.1) is 46.0 Å². The summed E-state index contributed by atoms with van der Waals surface area (Å²) >= 11 is 0. The van der Waals surface area contributed by atoms with Crippen molar-refractivity contribution in [2.24, 2.45) is 0 Å². The predicted octanol–water partition coefficient (Wildman–Crippen LogP) is 5.27. The van der Waals surface area contributed by atoms with E-state index in [0.29, 0.717) is 42.9 Å². The summed E-state index contributed by atoms with van der Waals surface area (Å²) in [5.74, 6) is -2.17. The molecule has 0 spiro atoms. The lowest BCUT2D eigenvalue weighted by Crippen LogP contribution is -2.61. The summed E-state index contributed by atoms with van der Waals surface area (Å²) in [4.78, 5) is 22.1. The van der Waals surface area contributed by atoms with Crippen molar-refractivity contribution in [1.82, 2.24) is 14.8 Å². The van der Waals surface area contributed by atoms with Crippen LogP contribution < -0.4 is 16.0 Å².